The van der Waals surface area contributed by atoms with Gasteiger partial charge in [0.2, 0.25) is 11.8 Å². The Morgan fingerprint density at radius 3 is 2.18 bits per heavy atom. The maximum Gasteiger partial charge on any atom is 0.242 e. The molecule has 2 rings (SSSR count). The normalized spacial score (nSPS) is 12.9. The van der Waals surface area contributed by atoms with E-state index in [-0.39, 0.29) is 30.8 Å². The molecule has 1 N–H and O–H groups in total. The quantitative estimate of drug-likeness (QED) is 0.661. The van der Waals surface area contributed by atoms with Crippen molar-refractivity contribution in [3.63, 3.8) is 0 Å². The van der Waals surface area contributed by atoms with Gasteiger partial charge in [-0.15, -0.1) is 0 Å². The van der Waals surface area contributed by atoms with Crippen molar-refractivity contribution in [3.8, 4) is 0 Å². The van der Waals surface area contributed by atoms with Crippen LogP contribution in [0.5, 0.6) is 0 Å². The Morgan fingerprint density at radius 2 is 1.61 bits per heavy atom. The molecule has 2 aromatic rings. The fourth-order valence-electron chi connectivity index (χ4n) is 2.77. The average Bonchev–Trinajstić information content (AvgIpc) is 2.67. The predicted octanol–water partition coefficient (Wildman–Crippen LogP) is 4.87. The smallest absolute Gasteiger partial charge is 0.242 e. The van der Waals surface area contributed by atoms with Gasteiger partial charge in [0, 0.05) is 28.2 Å². The second-order valence-electron chi connectivity index (χ2n) is 6.88. The molecule has 2 aromatic carbocycles. The Balaban J connectivity index is 2.28. The Labute approximate surface area is 176 Å². The van der Waals surface area contributed by atoms with Crippen LogP contribution in [0.4, 0.5) is 0 Å². The number of halogens is 2. The summed E-state index contributed by atoms with van der Waals surface area (Å²) in [5, 5.41) is 3.89. The van der Waals surface area contributed by atoms with Crippen molar-refractivity contribution in [3.05, 3.63) is 69.7 Å². The van der Waals surface area contributed by atoms with E-state index in [1.54, 1.807) is 25.1 Å². The molecule has 0 bridgehead atoms. The summed E-state index contributed by atoms with van der Waals surface area (Å²) in [7, 11) is 0. The zero-order valence-electron chi connectivity index (χ0n) is 16.4. The van der Waals surface area contributed by atoms with Crippen molar-refractivity contribution in [2.75, 3.05) is 0 Å². The van der Waals surface area contributed by atoms with Gasteiger partial charge in [-0.1, -0.05) is 66.5 Å². The molecule has 0 heterocycles. The third kappa shape index (κ3) is 5.98. The van der Waals surface area contributed by atoms with E-state index in [1.807, 2.05) is 44.2 Å². The number of nitrogens with one attached hydrogen (secondary N) is 1. The third-order valence-corrected chi connectivity index (χ3v) is 5.46. The van der Waals surface area contributed by atoms with Gasteiger partial charge in [0.15, 0.2) is 0 Å². The van der Waals surface area contributed by atoms with E-state index in [0.29, 0.717) is 15.6 Å². The van der Waals surface area contributed by atoms with Crippen molar-refractivity contribution >= 4 is 35.0 Å². The minimum absolute atomic E-state index is 0.0323. The summed E-state index contributed by atoms with van der Waals surface area (Å²) in [4.78, 5) is 27.3. The second-order valence-corrected chi connectivity index (χ2v) is 7.69. The predicted molar refractivity (Wildman–Crippen MR) is 115 cm³/mol. The Bertz CT molecular complexity index is 791. The van der Waals surface area contributed by atoms with E-state index in [9.17, 15) is 9.59 Å². The van der Waals surface area contributed by atoms with Gasteiger partial charge in [-0.25, -0.2) is 0 Å². The molecule has 6 heteroatoms. The molecule has 0 aliphatic rings. The largest absolute Gasteiger partial charge is 0.352 e. The van der Waals surface area contributed by atoms with Crippen LogP contribution in [0, 0.1) is 0 Å². The van der Waals surface area contributed by atoms with Crippen LogP contribution in [-0.4, -0.2) is 28.8 Å². The summed E-state index contributed by atoms with van der Waals surface area (Å²) < 4.78 is 0. The fourth-order valence-corrected chi connectivity index (χ4v) is 3.29. The van der Waals surface area contributed by atoms with Gasteiger partial charge < -0.3 is 10.2 Å². The first kappa shape index (κ1) is 22.3. The SMILES string of the molecule is CC[C@H](C)NC(=O)[C@H](C)N(Cc1c(Cl)cccc1Cl)C(=O)Cc1ccccc1. The second kappa shape index (κ2) is 10.5. The van der Waals surface area contributed by atoms with Crippen LogP contribution in [-0.2, 0) is 22.6 Å². The highest BCUT2D eigenvalue weighted by Crippen LogP contribution is 2.27. The topological polar surface area (TPSA) is 49.4 Å². The maximum absolute atomic E-state index is 13.1. The number of carbonyl (C=O) groups is 2. The lowest BCUT2D eigenvalue weighted by Gasteiger charge is -2.30. The van der Waals surface area contributed by atoms with Crippen LogP contribution >= 0.6 is 23.2 Å². The van der Waals surface area contributed by atoms with Gasteiger partial charge in [-0.05, 0) is 38.0 Å². The van der Waals surface area contributed by atoms with Crippen LogP contribution < -0.4 is 5.32 Å². The van der Waals surface area contributed by atoms with Crippen molar-refractivity contribution in [1.82, 2.24) is 10.2 Å². The lowest BCUT2D eigenvalue weighted by molar-refractivity contribution is -0.140. The summed E-state index contributed by atoms with van der Waals surface area (Å²) in [6.07, 6.45) is 1.01. The van der Waals surface area contributed by atoms with Crippen LogP contribution in [0.25, 0.3) is 0 Å². The van der Waals surface area contributed by atoms with E-state index >= 15 is 0 Å². The molecule has 2 atom stereocenters. The van der Waals surface area contributed by atoms with E-state index < -0.39 is 6.04 Å². The lowest BCUT2D eigenvalue weighted by Crippen LogP contribution is -2.50. The molecular weight excluding hydrogens is 395 g/mol. The standard InChI is InChI=1S/C22H26Cl2N2O2/c1-4-15(2)25-22(28)16(3)26(14-18-19(23)11-8-12-20(18)24)21(27)13-17-9-6-5-7-10-17/h5-12,15-16H,4,13-14H2,1-3H3,(H,25,28)/t15-,16-/m0/s1. The van der Waals surface area contributed by atoms with Gasteiger partial charge in [-0.2, -0.15) is 0 Å². The molecule has 28 heavy (non-hydrogen) atoms. The number of hydrogen-bond donors (Lipinski definition) is 1. The minimum atomic E-state index is -0.655. The van der Waals surface area contributed by atoms with Crippen LogP contribution in [0.2, 0.25) is 10.0 Å². The highest BCUT2D eigenvalue weighted by Gasteiger charge is 2.28. The van der Waals surface area contributed by atoms with E-state index in [0.717, 1.165) is 12.0 Å². The van der Waals surface area contributed by atoms with Gasteiger partial charge in [0.05, 0.1) is 6.42 Å². The van der Waals surface area contributed by atoms with Gasteiger partial charge in [0.1, 0.15) is 6.04 Å². The van der Waals surface area contributed by atoms with Gasteiger partial charge in [0.25, 0.3) is 0 Å². The molecule has 0 saturated carbocycles. The molecule has 0 radical (unpaired) electrons. The molecule has 4 nitrogen and oxygen atoms in total. The van der Waals surface area contributed by atoms with Crippen LogP contribution in [0.3, 0.4) is 0 Å². The molecule has 150 valence electrons. The molecule has 0 aliphatic heterocycles. The molecule has 2 amide bonds. The monoisotopic (exact) mass is 420 g/mol. The number of carbonyl (C=O) groups excluding carboxylic acids is 2. The Kier molecular flexibility index (Phi) is 8.34. The number of amides is 2. The number of hydrogen-bond acceptors (Lipinski definition) is 2. The average molecular weight is 421 g/mol. The number of benzene rings is 2. The fraction of sp³-hybridized carbons (Fsp3) is 0.364. The minimum Gasteiger partial charge on any atom is -0.352 e. The Hall–Kier alpha value is -2.04. The molecule has 0 aromatic heterocycles. The first-order valence-corrected chi connectivity index (χ1v) is 10.2. The third-order valence-electron chi connectivity index (χ3n) is 4.76. The molecule has 0 saturated heterocycles. The van der Waals surface area contributed by atoms with Crippen molar-refractivity contribution in [2.24, 2.45) is 0 Å². The first-order valence-electron chi connectivity index (χ1n) is 9.40. The summed E-state index contributed by atoms with van der Waals surface area (Å²) in [6, 6.07) is 14.0. The molecule has 0 aliphatic carbocycles. The van der Waals surface area contributed by atoms with Crippen molar-refractivity contribution in [2.45, 2.75) is 52.2 Å². The van der Waals surface area contributed by atoms with Crippen LogP contribution in [0.1, 0.15) is 38.3 Å². The van der Waals surface area contributed by atoms with Crippen LogP contribution in [0.15, 0.2) is 48.5 Å². The summed E-state index contributed by atoms with van der Waals surface area (Å²) in [6.45, 7) is 5.83. The molecule has 0 unspecified atom stereocenters. The van der Waals surface area contributed by atoms with E-state index in [1.165, 1.54) is 4.90 Å². The molecular formula is C22H26Cl2N2O2. The molecule has 0 fully saturated rings. The summed E-state index contributed by atoms with van der Waals surface area (Å²) in [5.41, 5.74) is 1.52. The zero-order valence-corrected chi connectivity index (χ0v) is 17.9. The number of nitrogens with zero attached hydrogens (tertiary/aromatic N) is 1. The van der Waals surface area contributed by atoms with Gasteiger partial charge in [-0.3, -0.25) is 9.59 Å². The van der Waals surface area contributed by atoms with E-state index in [4.69, 9.17) is 23.2 Å². The number of rotatable bonds is 8. The lowest BCUT2D eigenvalue weighted by atomic mass is 10.1. The Morgan fingerprint density at radius 1 is 1.00 bits per heavy atom. The van der Waals surface area contributed by atoms with Crippen molar-refractivity contribution < 1.29 is 9.59 Å². The summed E-state index contributed by atoms with van der Waals surface area (Å²) in [5.74, 6) is -0.354. The van der Waals surface area contributed by atoms with Gasteiger partial charge >= 0.3 is 0 Å². The highest BCUT2D eigenvalue weighted by molar-refractivity contribution is 6.36. The van der Waals surface area contributed by atoms with Crippen molar-refractivity contribution in [1.29, 1.82) is 0 Å². The van der Waals surface area contributed by atoms with E-state index in [2.05, 4.69) is 5.32 Å². The maximum atomic E-state index is 13.1. The summed E-state index contributed by atoms with van der Waals surface area (Å²) >= 11 is 12.6. The zero-order chi connectivity index (χ0) is 20.7. The first-order chi connectivity index (χ1) is 13.3. The highest BCUT2D eigenvalue weighted by atomic mass is 35.5. The molecule has 0 spiro atoms.